The lowest BCUT2D eigenvalue weighted by Gasteiger charge is -2.40. The van der Waals surface area contributed by atoms with Gasteiger partial charge in [0.1, 0.15) is 12.1 Å². The molecule has 0 atom stereocenters. The molecule has 0 saturated carbocycles. The third kappa shape index (κ3) is 2.35. The number of nitrogens with zero attached hydrogens (tertiary/aromatic N) is 1. The van der Waals surface area contributed by atoms with Crippen LogP contribution >= 0.6 is 0 Å². The fraction of sp³-hybridized carbons (Fsp3) is 0.467. The molecule has 0 bridgehead atoms. The molecule has 0 aromatic heterocycles. The maximum atomic E-state index is 12.5. The first-order chi connectivity index (χ1) is 9.26. The average Bonchev–Trinajstić information content (AvgIpc) is 2.37. The van der Waals surface area contributed by atoms with Crippen LogP contribution in [0, 0.1) is 13.8 Å². The van der Waals surface area contributed by atoms with Crippen molar-refractivity contribution >= 4 is 23.2 Å². The summed E-state index contributed by atoms with van der Waals surface area (Å²) < 4.78 is 0. The number of hydrogen-bond acceptors (Lipinski definition) is 3. The Morgan fingerprint density at radius 3 is 2.50 bits per heavy atom. The van der Waals surface area contributed by atoms with Crippen molar-refractivity contribution in [1.82, 2.24) is 5.32 Å². The van der Waals surface area contributed by atoms with Gasteiger partial charge in [0.25, 0.3) is 5.91 Å². The van der Waals surface area contributed by atoms with E-state index >= 15 is 0 Å². The van der Waals surface area contributed by atoms with Crippen molar-refractivity contribution in [3.05, 3.63) is 23.3 Å². The molecule has 2 amide bonds. The highest BCUT2D eigenvalue weighted by atomic mass is 16.2. The molecule has 1 aliphatic rings. The van der Waals surface area contributed by atoms with Crippen molar-refractivity contribution in [3.63, 3.8) is 0 Å². The molecule has 0 fully saturated rings. The molecule has 0 unspecified atom stereocenters. The molecule has 20 heavy (non-hydrogen) atoms. The molecule has 2 N–H and O–H groups in total. The number of rotatable bonds is 2. The number of benzene rings is 1. The summed E-state index contributed by atoms with van der Waals surface area (Å²) in [6.45, 7) is 7.71. The van der Waals surface area contributed by atoms with Crippen LogP contribution in [-0.4, -0.2) is 30.9 Å². The standard InChI is InChI=1S/C15H21N3O2/c1-9-6-11-12(7-10(9)2)18(8-13(19)16-5)14(20)15(3,4)17-11/h6-7,17H,8H2,1-5H3,(H,16,19). The molecule has 2 rings (SSSR count). The molecule has 1 heterocycles. The summed E-state index contributed by atoms with van der Waals surface area (Å²) in [5, 5.41) is 5.82. The normalized spacial score (nSPS) is 16.4. The van der Waals surface area contributed by atoms with Crippen LogP contribution in [-0.2, 0) is 9.59 Å². The van der Waals surface area contributed by atoms with Gasteiger partial charge in [0.2, 0.25) is 5.91 Å². The SMILES string of the molecule is CNC(=O)CN1C(=O)C(C)(C)Nc2cc(C)c(C)cc21. The summed E-state index contributed by atoms with van der Waals surface area (Å²) in [6, 6.07) is 3.98. The first kappa shape index (κ1) is 14.4. The Morgan fingerprint density at radius 2 is 1.90 bits per heavy atom. The number of aryl methyl sites for hydroxylation is 2. The van der Waals surface area contributed by atoms with Gasteiger partial charge in [0.05, 0.1) is 11.4 Å². The van der Waals surface area contributed by atoms with Crippen LogP contribution < -0.4 is 15.5 Å². The Hall–Kier alpha value is -2.04. The van der Waals surface area contributed by atoms with Crippen molar-refractivity contribution in [3.8, 4) is 0 Å². The second-order valence-electron chi connectivity index (χ2n) is 5.77. The minimum absolute atomic E-state index is 0.0376. The highest BCUT2D eigenvalue weighted by Gasteiger charge is 2.39. The number of anilines is 2. The van der Waals surface area contributed by atoms with E-state index in [1.54, 1.807) is 11.9 Å². The van der Waals surface area contributed by atoms with E-state index in [1.165, 1.54) is 0 Å². The van der Waals surface area contributed by atoms with E-state index in [-0.39, 0.29) is 18.4 Å². The lowest BCUT2D eigenvalue weighted by Crippen LogP contribution is -2.56. The maximum absolute atomic E-state index is 12.5. The number of carbonyl (C=O) groups excluding carboxylic acids is 2. The summed E-state index contributed by atoms with van der Waals surface area (Å²) in [4.78, 5) is 25.8. The number of carbonyl (C=O) groups is 2. The zero-order valence-electron chi connectivity index (χ0n) is 12.6. The third-order valence-electron chi connectivity index (χ3n) is 3.71. The highest BCUT2D eigenvalue weighted by Crippen LogP contribution is 2.37. The molecule has 0 radical (unpaired) electrons. The van der Waals surface area contributed by atoms with E-state index in [0.29, 0.717) is 0 Å². The van der Waals surface area contributed by atoms with Gasteiger partial charge in [-0.2, -0.15) is 0 Å². The van der Waals surface area contributed by atoms with E-state index in [4.69, 9.17) is 0 Å². The predicted molar refractivity (Wildman–Crippen MR) is 80.0 cm³/mol. The molecule has 0 saturated heterocycles. The van der Waals surface area contributed by atoms with Crippen LogP contribution in [0.4, 0.5) is 11.4 Å². The lowest BCUT2D eigenvalue weighted by molar-refractivity contribution is -0.125. The van der Waals surface area contributed by atoms with Crippen LogP contribution in [0.2, 0.25) is 0 Å². The van der Waals surface area contributed by atoms with E-state index in [1.807, 2.05) is 39.8 Å². The number of likely N-dealkylation sites (N-methyl/N-ethyl adjacent to an activating group) is 1. The smallest absolute Gasteiger partial charge is 0.252 e. The Labute approximate surface area is 119 Å². The average molecular weight is 275 g/mol. The zero-order chi connectivity index (χ0) is 15.1. The summed E-state index contributed by atoms with van der Waals surface area (Å²) >= 11 is 0. The van der Waals surface area contributed by atoms with Crippen LogP contribution in [0.25, 0.3) is 0 Å². The second kappa shape index (κ2) is 4.81. The number of hydrogen-bond donors (Lipinski definition) is 2. The summed E-state index contributed by atoms with van der Waals surface area (Å²) in [6.07, 6.45) is 0. The molecule has 5 heteroatoms. The third-order valence-corrected chi connectivity index (χ3v) is 3.71. The fourth-order valence-corrected chi connectivity index (χ4v) is 2.34. The van der Waals surface area contributed by atoms with Crippen molar-refractivity contribution in [1.29, 1.82) is 0 Å². The first-order valence-corrected chi connectivity index (χ1v) is 6.68. The van der Waals surface area contributed by atoms with Gasteiger partial charge in [0, 0.05) is 7.05 Å². The van der Waals surface area contributed by atoms with Crippen LogP contribution in [0.1, 0.15) is 25.0 Å². The first-order valence-electron chi connectivity index (χ1n) is 6.68. The molecule has 5 nitrogen and oxygen atoms in total. The predicted octanol–water partition coefficient (Wildman–Crippen LogP) is 1.59. The Balaban J connectivity index is 2.52. The topological polar surface area (TPSA) is 61.4 Å². The van der Waals surface area contributed by atoms with Crippen molar-refractivity contribution < 1.29 is 9.59 Å². The van der Waals surface area contributed by atoms with Gasteiger partial charge >= 0.3 is 0 Å². The molecule has 1 aliphatic heterocycles. The minimum Gasteiger partial charge on any atom is -0.370 e. The molecule has 1 aromatic rings. The number of fused-ring (bicyclic) bond motifs is 1. The molecule has 0 aliphatic carbocycles. The van der Waals surface area contributed by atoms with Gasteiger partial charge in [-0.05, 0) is 51.0 Å². The molecule has 0 spiro atoms. The monoisotopic (exact) mass is 275 g/mol. The van der Waals surface area contributed by atoms with E-state index in [2.05, 4.69) is 10.6 Å². The minimum atomic E-state index is -0.720. The number of amides is 2. The second-order valence-corrected chi connectivity index (χ2v) is 5.77. The maximum Gasteiger partial charge on any atom is 0.252 e. The van der Waals surface area contributed by atoms with Gasteiger partial charge < -0.3 is 10.6 Å². The van der Waals surface area contributed by atoms with Crippen molar-refractivity contribution in [2.45, 2.75) is 33.2 Å². The highest BCUT2D eigenvalue weighted by molar-refractivity contribution is 6.10. The van der Waals surface area contributed by atoms with Crippen LogP contribution in [0.5, 0.6) is 0 Å². The van der Waals surface area contributed by atoms with Crippen LogP contribution in [0.15, 0.2) is 12.1 Å². The summed E-state index contributed by atoms with van der Waals surface area (Å²) in [7, 11) is 1.57. The molecular weight excluding hydrogens is 254 g/mol. The molecular formula is C15H21N3O2. The van der Waals surface area contributed by atoms with Gasteiger partial charge in [-0.1, -0.05) is 0 Å². The quantitative estimate of drug-likeness (QED) is 0.861. The number of nitrogens with one attached hydrogen (secondary N) is 2. The zero-order valence-corrected chi connectivity index (χ0v) is 12.6. The van der Waals surface area contributed by atoms with Crippen molar-refractivity contribution in [2.24, 2.45) is 0 Å². The summed E-state index contributed by atoms with van der Waals surface area (Å²) in [5.41, 5.74) is 3.19. The van der Waals surface area contributed by atoms with Gasteiger partial charge in [-0.15, -0.1) is 0 Å². The van der Waals surface area contributed by atoms with E-state index in [0.717, 1.165) is 22.5 Å². The lowest BCUT2D eigenvalue weighted by atomic mass is 9.96. The van der Waals surface area contributed by atoms with Gasteiger partial charge in [-0.3, -0.25) is 14.5 Å². The Bertz CT molecular complexity index is 579. The van der Waals surface area contributed by atoms with Crippen LogP contribution in [0.3, 0.4) is 0 Å². The summed E-state index contributed by atoms with van der Waals surface area (Å²) in [5.74, 6) is -0.280. The Morgan fingerprint density at radius 1 is 1.30 bits per heavy atom. The molecule has 1 aromatic carbocycles. The van der Waals surface area contributed by atoms with Crippen molar-refractivity contribution in [2.75, 3.05) is 23.8 Å². The Kier molecular flexibility index (Phi) is 3.46. The molecule has 108 valence electrons. The van der Waals surface area contributed by atoms with Gasteiger partial charge in [0.15, 0.2) is 0 Å². The fourth-order valence-electron chi connectivity index (χ4n) is 2.34. The largest absolute Gasteiger partial charge is 0.370 e. The van der Waals surface area contributed by atoms with E-state index < -0.39 is 5.54 Å². The van der Waals surface area contributed by atoms with Gasteiger partial charge in [-0.25, -0.2) is 0 Å². The van der Waals surface area contributed by atoms with E-state index in [9.17, 15) is 9.59 Å².